The highest BCUT2D eigenvalue weighted by Gasteiger charge is 2.36. The number of nitrogens with zero attached hydrogens (tertiary/aromatic N) is 2. The number of amides is 2. The van der Waals surface area contributed by atoms with Crippen molar-refractivity contribution in [1.82, 2.24) is 10.2 Å². The molecule has 0 aromatic heterocycles. The van der Waals surface area contributed by atoms with Crippen LogP contribution in [0.25, 0.3) is 0 Å². The minimum absolute atomic E-state index is 0.00575. The van der Waals surface area contributed by atoms with E-state index in [0.29, 0.717) is 12.2 Å². The molecule has 0 saturated carbocycles. The Morgan fingerprint density at radius 1 is 0.812 bits per heavy atom. The van der Waals surface area contributed by atoms with E-state index in [1.165, 1.54) is 37.3 Å². The molecule has 2 amide bonds. The summed E-state index contributed by atoms with van der Waals surface area (Å²) in [6, 6.07) is 27.3. The molecule has 1 N–H and O–H groups in total. The average molecular weight is 672 g/mol. The molecule has 2 atom stereocenters. The number of carbonyl (C=O) groups is 2. The lowest BCUT2D eigenvalue weighted by Gasteiger charge is -2.34. The summed E-state index contributed by atoms with van der Waals surface area (Å²) >= 11 is 0. The van der Waals surface area contributed by atoms with Crippen LogP contribution in [0.4, 0.5) is 5.69 Å². The second kappa shape index (κ2) is 16.3. The standard InChI is InChI=1S/C38H45N3O6S/c1-7-29(4)39-38(43)35(23-30-11-9-8-10-12-30)40(25-31-17-13-27(2)14-18-31)37(42)26-41(34-24-32(46-5)19-22-36(34)47-6)48(44,45)33-20-15-28(3)16-21-33/h8-22,24,29,35H,7,23,25-26H2,1-6H3,(H,39,43)/t29-,35-/m0/s1. The van der Waals surface area contributed by atoms with Crippen LogP contribution in [0.3, 0.4) is 0 Å². The fourth-order valence-electron chi connectivity index (χ4n) is 5.23. The first kappa shape index (κ1) is 36.0. The van der Waals surface area contributed by atoms with Crippen LogP contribution >= 0.6 is 0 Å². The molecule has 0 unspecified atom stereocenters. The molecule has 0 aliphatic rings. The molecule has 4 aromatic carbocycles. The molecular weight excluding hydrogens is 627 g/mol. The third kappa shape index (κ3) is 8.95. The number of carbonyl (C=O) groups excluding carboxylic acids is 2. The van der Waals surface area contributed by atoms with E-state index in [0.717, 1.165) is 26.6 Å². The van der Waals surface area contributed by atoms with Crippen LogP contribution < -0.4 is 19.1 Å². The smallest absolute Gasteiger partial charge is 0.264 e. The molecule has 254 valence electrons. The van der Waals surface area contributed by atoms with E-state index in [2.05, 4.69) is 5.32 Å². The molecule has 0 aliphatic carbocycles. The van der Waals surface area contributed by atoms with Crippen molar-refractivity contribution in [2.24, 2.45) is 0 Å². The van der Waals surface area contributed by atoms with Crippen LogP contribution in [0, 0.1) is 13.8 Å². The second-order valence-corrected chi connectivity index (χ2v) is 13.8. The molecular formula is C38H45N3O6S. The topological polar surface area (TPSA) is 105 Å². The Morgan fingerprint density at radius 2 is 1.44 bits per heavy atom. The minimum Gasteiger partial charge on any atom is -0.497 e. The summed E-state index contributed by atoms with van der Waals surface area (Å²) in [4.78, 5) is 30.3. The molecule has 0 saturated heterocycles. The number of benzene rings is 4. The lowest BCUT2D eigenvalue weighted by molar-refractivity contribution is -0.140. The van der Waals surface area contributed by atoms with E-state index in [-0.39, 0.29) is 41.2 Å². The van der Waals surface area contributed by atoms with E-state index in [9.17, 15) is 18.0 Å². The maximum atomic E-state index is 14.7. The van der Waals surface area contributed by atoms with Gasteiger partial charge in [-0.15, -0.1) is 0 Å². The van der Waals surface area contributed by atoms with Gasteiger partial charge in [-0.3, -0.25) is 13.9 Å². The van der Waals surface area contributed by atoms with Crippen LogP contribution in [-0.4, -0.2) is 58.0 Å². The molecule has 0 bridgehead atoms. The number of anilines is 1. The van der Waals surface area contributed by atoms with Crippen molar-refractivity contribution in [3.05, 3.63) is 119 Å². The molecule has 4 rings (SSSR count). The number of hydrogen-bond donors (Lipinski definition) is 1. The summed E-state index contributed by atoms with van der Waals surface area (Å²) in [6.45, 7) is 7.20. The SMILES string of the molecule is CC[C@H](C)NC(=O)[C@H](Cc1ccccc1)N(Cc1ccc(C)cc1)C(=O)CN(c1cc(OC)ccc1OC)S(=O)(=O)c1ccc(C)cc1. The minimum atomic E-state index is -4.31. The third-order valence-corrected chi connectivity index (χ3v) is 10.1. The Hall–Kier alpha value is -4.83. The van der Waals surface area contributed by atoms with E-state index in [1.54, 1.807) is 24.3 Å². The summed E-state index contributed by atoms with van der Waals surface area (Å²) in [5, 5.41) is 3.06. The Balaban J connectivity index is 1.87. The van der Waals surface area contributed by atoms with Crippen molar-refractivity contribution in [2.45, 2.75) is 64.1 Å². The predicted octanol–water partition coefficient (Wildman–Crippen LogP) is 6.07. The van der Waals surface area contributed by atoms with Crippen LogP contribution in [0.15, 0.2) is 102 Å². The summed E-state index contributed by atoms with van der Waals surface area (Å²) in [5.41, 5.74) is 3.73. The quantitative estimate of drug-likeness (QED) is 0.165. The summed E-state index contributed by atoms with van der Waals surface area (Å²) < 4.78 is 40.9. The molecule has 4 aromatic rings. The van der Waals surface area contributed by atoms with E-state index < -0.39 is 28.5 Å². The van der Waals surface area contributed by atoms with Gasteiger partial charge in [0.1, 0.15) is 24.1 Å². The fraction of sp³-hybridized carbons (Fsp3) is 0.316. The zero-order valence-electron chi connectivity index (χ0n) is 28.5. The van der Waals surface area contributed by atoms with Gasteiger partial charge in [0.05, 0.1) is 24.8 Å². The lowest BCUT2D eigenvalue weighted by Crippen LogP contribution is -2.54. The molecule has 0 spiro atoms. The summed E-state index contributed by atoms with van der Waals surface area (Å²) in [7, 11) is -1.41. The van der Waals surface area contributed by atoms with Gasteiger partial charge in [-0.1, -0.05) is 84.8 Å². The van der Waals surface area contributed by atoms with E-state index in [4.69, 9.17) is 9.47 Å². The Kier molecular flexibility index (Phi) is 12.2. The first-order valence-electron chi connectivity index (χ1n) is 16.0. The third-order valence-electron chi connectivity index (χ3n) is 8.29. The molecule has 0 heterocycles. The van der Waals surface area contributed by atoms with Crippen LogP contribution in [0.5, 0.6) is 11.5 Å². The van der Waals surface area contributed by atoms with Crippen molar-refractivity contribution in [2.75, 3.05) is 25.1 Å². The van der Waals surface area contributed by atoms with Crippen LogP contribution in [0.2, 0.25) is 0 Å². The highest BCUT2D eigenvalue weighted by Crippen LogP contribution is 2.36. The number of sulfonamides is 1. The van der Waals surface area contributed by atoms with Gasteiger partial charge in [-0.25, -0.2) is 8.42 Å². The van der Waals surface area contributed by atoms with E-state index in [1.807, 2.05) is 82.3 Å². The zero-order chi connectivity index (χ0) is 34.8. The zero-order valence-corrected chi connectivity index (χ0v) is 29.3. The fourth-order valence-corrected chi connectivity index (χ4v) is 6.64. The predicted molar refractivity (Wildman–Crippen MR) is 189 cm³/mol. The van der Waals surface area contributed by atoms with E-state index >= 15 is 0 Å². The largest absolute Gasteiger partial charge is 0.497 e. The second-order valence-electron chi connectivity index (χ2n) is 11.9. The van der Waals surface area contributed by atoms with Crippen molar-refractivity contribution in [1.29, 1.82) is 0 Å². The Morgan fingerprint density at radius 3 is 2.02 bits per heavy atom. The first-order chi connectivity index (χ1) is 23.0. The van der Waals surface area contributed by atoms with Crippen LogP contribution in [0.1, 0.15) is 42.5 Å². The monoisotopic (exact) mass is 671 g/mol. The number of methoxy groups -OCH3 is 2. The number of ether oxygens (including phenoxy) is 2. The molecule has 10 heteroatoms. The van der Waals surface area contributed by atoms with Crippen molar-refractivity contribution in [3.63, 3.8) is 0 Å². The maximum Gasteiger partial charge on any atom is 0.264 e. The van der Waals surface area contributed by atoms with Gasteiger partial charge in [0.2, 0.25) is 11.8 Å². The first-order valence-corrected chi connectivity index (χ1v) is 17.4. The van der Waals surface area contributed by atoms with Gasteiger partial charge in [-0.05, 0) is 62.6 Å². The van der Waals surface area contributed by atoms with Crippen LogP contribution in [-0.2, 0) is 32.6 Å². The van der Waals surface area contributed by atoms with Crippen molar-refractivity contribution < 1.29 is 27.5 Å². The summed E-state index contributed by atoms with van der Waals surface area (Å²) in [5.74, 6) is -0.259. The van der Waals surface area contributed by atoms with Gasteiger partial charge >= 0.3 is 0 Å². The molecule has 0 radical (unpaired) electrons. The highest BCUT2D eigenvalue weighted by atomic mass is 32.2. The normalized spacial score (nSPS) is 12.5. The van der Waals surface area contributed by atoms with Crippen molar-refractivity contribution in [3.8, 4) is 11.5 Å². The maximum absolute atomic E-state index is 14.7. The summed E-state index contributed by atoms with van der Waals surface area (Å²) in [6.07, 6.45) is 0.932. The lowest BCUT2D eigenvalue weighted by atomic mass is 10.0. The van der Waals surface area contributed by atoms with Gasteiger partial charge < -0.3 is 19.7 Å². The van der Waals surface area contributed by atoms with Crippen molar-refractivity contribution >= 4 is 27.5 Å². The Bertz CT molecular complexity index is 1780. The van der Waals surface area contributed by atoms with Gasteiger partial charge in [0.25, 0.3) is 10.0 Å². The average Bonchev–Trinajstić information content (AvgIpc) is 3.09. The van der Waals surface area contributed by atoms with Gasteiger partial charge in [-0.2, -0.15) is 0 Å². The molecule has 0 aliphatic heterocycles. The number of hydrogen-bond acceptors (Lipinski definition) is 6. The van der Waals surface area contributed by atoms with Gasteiger partial charge in [0, 0.05) is 25.1 Å². The molecule has 0 fully saturated rings. The molecule has 48 heavy (non-hydrogen) atoms. The van der Waals surface area contributed by atoms with Gasteiger partial charge in [0.15, 0.2) is 0 Å². The number of rotatable bonds is 15. The number of aryl methyl sites for hydroxylation is 2. The number of nitrogens with one attached hydrogen (secondary N) is 1. The molecule has 9 nitrogen and oxygen atoms in total. The Labute approximate surface area is 284 Å². The highest BCUT2D eigenvalue weighted by molar-refractivity contribution is 7.92.